The lowest BCUT2D eigenvalue weighted by Gasteiger charge is -2.27. The average Bonchev–Trinajstić information content (AvgIpc) is 2.29. The van der Waals surface area contributed by atoms with Crippen molar-refractivity contribution in [2.75, 3.05) is 14.2 Å². The van der Waals surface area contributed by atoms with Gasteiger partial charge in [0.05, 0.1) is 5.60 Å². The van der Waals surface area contributed by atoms with Crippen LogP contribution in [0.4, 0.5) is 0 Å². The fraction of sp³-hybridized carbons (Fsp3) is 0.571. The minimum atomic E-state index is -0.831. The molecule has 0 spiro atoms. The summed E-state index contributed by atoms with van der Waals surface area (Å²) in [4.78, 5) is 0. The van der Waals surface area contributed by atoms with Crippen LogP contribution in [-0.2, 0) is 15.9 Å². The van der Waals surface area contributed by atoms with E-state index in [9.17, 15) is 5.11 Å². The molecule has 0 saturated heterocycles. The molecule has 1 unspecified atom stereocenters. The Bertz CT molecular complexity index is 343. The van der Waals surface area contributed by atoms with Crippen LogP contribution in [0.1, 0.15) is 24.5 Å². The molecule has 0 aromatic heterocycles. The summed E-state index contributed by atoms with van der Waals surface area (Å²) in [5, 5.41) is 10.4. The predicted octanol–water partition coefficient (Wildman–Crippen LogP) is 2.30. The van der Waals surface area contributed by atoms with Crippen LogP contribution in [0.3, 0.4) is 0 Å². The topological polar surface area (TPSA) is 38.7 Å². The molecular weight excluding hydrogens is 216 g/mol. The Balaban J connectivity index is 2.69. The van der Waals surface area contributed by atoms with Crippen molar-refractivity contribution in [3.8, 4) is 0 Å². The van der Waals surface area contributed by atoms with Gasteiger partial charge in [-0.05, 0) is 25.0 Å². The second-order valence-corrected chi connectivity index (χ2v) is 4.71. The Morgan fingerprint density at radius 2 is 1.82 bits per heavy atom. The summed E-state index contributed by atoms with van der Waals surface area (Å²) in [6.45, 7) is 3.86. The van der Waals surface area contributed by atoms with E-state index in [-0.39, 0.29) is 6.29 Å². The zero-order valence-electron chi connectivity index (χ0n) is 11.1. The van der Waals surface area contributed by atoms with Crippen LogP contribution in [0, 0.1) is 6.92 Å². The zero-order valence-corrected chi connectivity index (χ0v) is 11.1. The van der Waals surface area contributed by atoms with Gasteiger partial charge in [-0.2, -0.15) is 0 Å². The maximum atomic E-state index is 10.4. The normalized spacial score (nSPS) is 14.9. The van der Waals surface area contributed by atoms with E-state index in [1.54, 1.807) is 14.2 Å². The van der Waals surface area contributed by atoms with Crippen molar-refractivity contribution < 1.29 is 14.6 Å². The fourth-order valence-corrected chi connectivity index (χ4v) is 1.91. The first kappa shape index (κ1) is 14.2. The molecule has 1 aromatic rings. The molecule has 0 bridgehead atoms. The third-order valence-corrected chi connectivity index (χ3v) is 2.96. The van der Waals surface area contributed by atoms with Crippen molar-refractivity contribution in [1.29, 1.82) is 0 Å². The Morgan fingerprint density at radius 1 is 1.24 bits per heavy atom. The second-order valence-electron chi connectivity index (χ2n) is 4.71. The van der Waals surface area contributed by atoms with Gasteiger partial charge in [-0.1, -0.05) is 24.3 Å². The zero-order chi connectivity index (χ0) is 12.9. The highest BCUT2D eigenvalue weighted by Gasteiger charge is 2.26. The lowest BCUT2D eigenvalue weighted by molar-refractivity contribution is -0.139. The van der Waals surface area contributed by atoms with Crippen molar-refractivity contribution in [3.63, 3.8) is 0 Å². The monoisotopic (exact) mass is 238 g/mol. The highest BCUT2D eigenvalue weighted by Crippen LogP contribution is 2.22. The molecule has 0 aliphatic heterocycles. The van der Waals surface area contributed by atoms with E-state index in [0.717, 1.165) is 5.56 Å². The van der Waals surface area contributed by atoms with Gasteiger partial charge in [0.2, 0.25) is 0 Å². The number of methoxy groups -OCH3 is 2. The smallest absolute Gasteiger partial charge is 0.159 e. The number of ether oxygens (including phenoxy) is 2. The molecule has 0 radical (unpaired) electrons. The molecule has 3 heteroatoms. The molecule has 3 nitrogen and oxygen atoms in total. The second kappa shape index (κ2) is 6.15. The molecule has 96 valence electrons. The maximum Gasteiger partial charge on any atom is 0.159 e. The van der Waals surface area contributed by atoms with Gasteiger partial charge in [0.25, 0.3) is 0 Å². The van der Waals surface area contributed by atoms with Gasteiger partial charge in [0.15, 0.2) is 6.29 Å². The molecule has 0 fully saturated rings. The van der Waals surface area contributed by atoms with Crippen molar-refractivity contribution >= 4 is 0 Å². The van der Waals surface area contributed by atoms with Gasteiger partial charge < -0.3 is 14.6 Å². The fourth-order valence-electron chi connectivity index (χ4n) is 1.91. The maximum absolute atomic E-state index is 10.4. The van der Waals surface area contributed by atoms with Crippen molar-refractivity contribution in [3.05, 3.63) is 35.4 Å². The number of rotatable bonds is 6. The van der Waals surface area contributed by atoms with Crippen LogP contribution in [0.5, 0.6) is 0 Å². The summed E-state index contributed by atoms with van der Waals surface area (Å²) in [5.74, 6) is 0. The first-order chi connectivity index (χ1) is 7.98. The van der Waals surface area contributed by atoms with E-state index in [1.165, 1.54) is 5.56 Å². The van der Waals surface area contributed by atoms with Crippen LogP contribution < -0.4 is 0 Å². The SMILES string of the molecule is COC(CC(C)(O)Cc1ccccc1C)OC. The molecule has 0 saturated carbocycles. The molecule has 1 atom stereocenters. The quantitative estimate of drug-likeness (QED) is 0.773. The van der Waals surface area contributed by atoms with E-state index in [2.05, 4.69) is 13.0 Å². The number of benzene rings is 1. The Labute approximate surface area is 103 Å². The van der Waals surface area contributed by atoms with Crippen molar-refractivity contribution in [1.82, 2.24) is 0 Å². The highest BCUT2D eigenvalue weighted by atomic mass is 16.7. The van der Waals surface area contributed by atoms with Gasteiger partial charge >= 0.3 is 0 Å². The Kier molecular flexibility index (Phi) is 5.12. The molecule has 0 amide bonds. The predicted molar refractivity (Wildman–Crippen MR) is 67.9 cm³/mol. The summed E-state index contributed by atoms with van der Waals surface area (Å²) in [7, 11) is 3.16. The van der Waals surface area contributed by atoms with Gasteiger partial charge in [-0.25, -0.2) is 0 Å². The Morgan fingerprint density at radius 3 is 2.35 bits per heavy atom. The molecule has 1 N–H and O–H groups in total. The molecule has 1 rings (SSSR count). The third kappa shape index (κ3) is 4.46. The molecule has 0 aliphatic carbocycles. The summed E-state index contributed by atoms with van der Waals surface area (Å²) in [6.07, 6.45) is 0.686. The van der Waals surface area contributed by atoms with Gasteiger partial charge in [-0.15, -0.1) is 0 Å². The Hall–Kier alpha value is -0.900. The van der Waals surface area contributed by atoms with Crippen LogP contribution in [0.2, 0.25) is 0 Å². The molecule has 1 aromatic carbocycles. The minimum absolute atomic E-state index is 0.367. The van der Waals surface area contributed by atoms with Crippen LogP contribution >= 0.6 is 0 Å². The number of aliphatic hydroxyl groups is 1. The van der Waals surface area contributed by atoms with Gasteiger partial charge in [-0.3, -0.25) is 0 Å². The summed E-state index contributed by atoms with van der Waals surface area (Å²) >= 11 is 0. The lowest BCUT2D eigenvalue weighted by Crippen LogP contribution is -2.34. The van der Waals surface area contributed by atoms with Gasteiger partial charge in [0, 0.05) is 27.1 Å². The van der Waals surface area contributed by atoms with E-state index >= 15 is 0 Å². The van der Waals surface area contributed by atoms with E-state index in [4.69, 9.17) is 9.47 Å². The standard InChI is InChI=1S/C14H22O3/c1-11-7-5-6-8-12(11)9-14(2,15)10-13(16-3)17-4/h5-8,13,15H,9-10H2,1-4H3. The molecular formula is C14H22O3. The van der Waals surface area contributed by atoms with Crippen LogP contribution in [-0.4, -0.2) is 31.2 Å². The molecule has 0 heterocycles. The number of hydrogen-bond donors (Lipinski definition) is 1. The first-order valence-electron chi connectivity index (χ1n) is 5.81. The largest absolute Gasteiger partial charge is 0.390 e. The van der Waals surface area contributed by atoms with Gasteiger partial charge in [0.1, 0.15) is 0 Å². The van der Waals surface area contributed by atoms with E-state index in [1.807, 2.05) is 25.1 Å². The number of hydrogen-bond acceptors (Lipinski definition) is 3. The minimum Gasteiger partial charge on any atom is -0.390 e. The summed E-state index contributed by atoms with van der Waals surface area (Å²) in [5.41, 5.74) is 1.52. The van der Waals surface area contributed by atoms with Crippen molar-refractivity contribution in [2.24, 2.45) is 0 Å². The third-order valence-electron chi connectivity index (χ3n) is 2.96. The first-order valence-corrected chi connectivity index (χ1v) is 5.81. The average molecular weight is 238 g/mol. The lowest BCUT2D eigenvalue weighted by atomic mass is 9.91. The van der Waals surface area contributed by atoms with E-state index < -0.39 is 5.60 Å². The van der Waals surface area contributed by atoms with E-state index in [0.29, 0.717) is 12.8 Å². The summed E-state index contributed by atoms with van der Waals surface area (Å²) < 4.78 is 10.2. The molecule has 0 aliphatic rings. The van der Waals surface area contributed by atoms with Crippen LogP contribution in [0.25, 0.3) is 0 Å². The number of aryl methyl sites for hydroxylation is 1. The van der Waals surface area contributed by atoms with Crippen LogP contribution in [0.15, 0.2) is 24.3 Å². The molecule has 17 heavy (non-hydrogen) atoms. The van der Waals surface area contributed by atoms with Crippen molar-refractivity contribution in [2.45, 2.75) is 38.6 Å². The summed E-state index contributed by atoms with van der Waals surface area (Å²) in [6, 6.07) is 8.08. The highest BCUT2D eigenvalue weighted by molar-refractivity contribution is 5.26.